The maximum Gasteiger partial charge on any atom is 0.312 e. The van der Waals surface area contributed by atoms with Crippen LogP contribution in [0, 0.1) is 0 Å². The molecule has 0 bridgehead atoms. The molecule has 2 rings (SSSR count). The van der Waals surface area contributed by atoms with Crippen molar-refractivity contribution in [3.8, 4) is 0 Å². The fourth-order valence-corrected chi connectivity index (χ4v) is 3.25. The van der Waals surface area contributed by atoms with E-state index in [1.807, 2.05) is 0 Å². The number of nitrogens with zero attached hydrogens (tertiary/aromatic N) is 2. The van der Waals surface area contributed by atoms with Crippen LogP contribution in [0.2, 0.25) is 0 Å². The lowest BCUT2D eigenvalue weighted by atomic mass is 9.99. The molecule has 20 heavy (non-hydrogen) atoms. The van der Waals surface area contributed by atoms with E-state index in [0.29, 0.717) is 26.1 Å². The topological polar surface area (TPSA) is 60.9 Å². The summed E-state index contributed by atoms with van der Waals surface area (Å²) in [6.45, 7) is 2.15. The first-order valence-electron chi connectivity index (χ1n) is 7.95. The summed E-state index contributed by atoms with van der Waals surface area (Å²) in [7, 11) is 0. The molecule has 1 N–H and O–H groups in total. The molecule has 2 aliphatic rings. The Kier molecular flexibility index (Phi) is 5.83. The van der Waals surface area contributed by atoms with Gasteiger partial charge in [0, 0.05) is 32.3 Å². The molecule has 2 fully saturated rings. The fraction of sp³-hybridized carbons (Fsp3) is 0.867. The van der Waals surface area contributed by atoms with Gasteiger partial charge in [0.25, 0.3) is 0 Å². The first-order chi connectivity index (χ1) is 9.74. The molecule has 0 aromatic heterocycles. The van der Waals surface area contributed by atoms with Crippen LogP contribution in [0.15, 0.2) is 0 Å². The highest BCUT2D eigenvalue weighted by Crippen LogP contribution is 2.20. The normalized spacial score (nSPS) is 24.4. The molecule has 5 nitrogen and oxygen atoms in total. The lowest BCUT2D eigenvalue weighted by molar-refractivity contribution is -0.154. The monoisotopic (exact) mass is 282 g/mol. The predicted molar refractivity (Wildman–Crippen MR) is 76.1 cm³/mol. The number of rotatable bonds is 2. The summed E-state index contributed by atoms with van der Waals surface area (Å²) in [6, 6.07) is 0.0391. The molecule has 2 heterocycles. The largest absolute Gasteiger partial charge is 0.396 e. The molecule has 0 aromatic carbocycles. The SMILES string of the molecule is O=C(C(=O)N1CCCCC1CCO)N1CCCCCC1. The molecule has 0 aromatic rings. The van der Waals surface area contributed by atoms with Gasteiger partial charge < -0.3 is 14.9 Å². The molecule has 0 radical (unpaired) electrons. The number of aliphatic hydroxyl groups is 1. The number of likely N-dealkylation sites (tertiary alicyclic amines) is 2. The smallest absolute Gasteiger partial charge is 0.312 e. The van der Waals surface area contributed by atoms with E-state index in [0.717, 1.165) is 44.9 Å². The highest BCUT2D eigenvalue weighted by Gasteiger charge is 2.32. The second-order valence-corrected chi connectivity index (χ2v) is 5.87. The Morgan fingerprint density at radius 2 is 1.55 bits per heavy atom. The van der Waals surface area contributed by atoms with E-state index in [-0.39, 0.29) is 24.5 Å². The Hall–Kier alpha value is -1.10. The molecule has 0 saturated carbocycles. The zero-order valence-corrected chi connectivity index (χ0v) is 12.2. The molecular weight excluding hydrogens is 256 g/mol. The summed E-state index contributed by atoms with van der Waals surface area (Å²) in [5.74, 6) is -0.693. The highest BCUT2D eigenvalue weighted by molar-refractivity contribution is 6.35. The molecule has 2 saturated heterocycles. The summed E-state index contributed by atoms with van der Waals surface area (Å²) in [4.78, 5) is 28.2. The molecule has 5 heteroatoms. The van der Waals surface area contributed by atoms with Crippen LogP contribution in [0.5, 0.6) is 0 Å². The summed E-state index contributed by atoms with van der Waals surface area (Å²) in [6.07, 6.45) is 7.81. The quantitative estimate of drug-likeness (QED) is 0.773. The van der Waals surface area contributed by atoms with Gasteiger partial charge in [-0.15, -0.1) is 0 Å². The van der Waals surface area contributed by atoms with Crippen LogP contribution in [-0.4, -0.2) is 59.0 Å². The molecule has 1 unspecified atom stereocenters. The number of carbonyl (C=O) groups excluding carboxylic acids is 2. The first kappa shape index (κ1) is 15.3. The average molecular weight is 282 g/mol. The van der Waals surface area contributed by atoms with Crippen molar-refractivity contribution in [2.75, 3.05) is 26.2 Å². The Bertz CT molecular complexity index is 336. The molecule has 0 aliphatic carbocycles. The molecule has 114 valence electrons. The number of amides is 2. The van der Waals surface area contributed by atoms with Gasteiger partial charge in [0.05, 0.1) is 0 Å². The van der Waals surface area contributed by atoms with Gasteiger partial charge in [-0.25, -0.2) is 0 Å². The van der Waals surface area contributed by atoms with Gasteiger partial charge in [0.1, 0.15) is 0 Å². The summed E-state index contributed by atoms with van der Waals surface area (Å²) in [5.41, 5.74) is 0. The van der Waals surface area contributed by atoms with E-state index in [1.165, 1.54) is 0 Å². The summed E-state index contributed by atoms with van der Waals surface area (Å²) >= 11 is 0. The number of hydrogen-bond donors (Lipinski definition) is 1. The number of hydrogen-bond acceptors (Lipinski definition) is 3. The number of aliphatic hydroxyl groups excluding tert-OH is 1. The van der Waals surface area contributed by atoms with Crippen LogP contribution < -0.4 is 0 Å². The van der Waals surface area contributed by atoms with Gasteiger partial charge in [-0.1, -0.05) is 12.8 Å². The Morgan fingerprint density at radius 1 is 0.900 bits per heavy atom. The highest BCUT2D eigenvalue weighted by atomic mass is 16.3. The second kappa shape index (κ2) is 7.62. The Balaban J connectivity index is 1.98. The van der Waals surface area contributed by atoms with Gasteiger partial charge in [-0.3, -0.25) is 9.59 Å². The van der Waals surface area contributed by atoms with Crippen LogP contribution in [0.25, 0.3) is 0 Å². The van der Waals surface area contributed by atoms with Crippen LogP contribution in [0.4, 0.5) is 0 Å². The average Bonchev–Trinajstić information content (AvgIpc) is 2.76. The van der Waals surface area contributed by atoms with Gasteiger partial charge in [-0.05, 0) is 38.5 Å². The minimum atomic E-state index is -0.356. The Labute approximate surface area is 120 Å². The van der Waals surface area contributed by atoms with Gasteiger partial charge in [0.15, 0.2) is 0 Å². The number of piperidine rings is 1. The lowest BCUT2D eigenvalue weighted by Crippen LogP contribution is -2.51. The van der Waals surface area contributed by atoms with Crippen LogP contribution in [0.1, 0.15) is 51.4 Å². The third kappa shape index (κ3) is 3.72. The van der Waals surface area contributed by atoms with Gasteiger partial charge in [-0.2, -0.15) is 0 Å². The minimum absolute atomic E-state index is 0.0391. The standard InChI is InChI=1S/C15H26N2O3/c18-12-8-13-7-3-6-11-17(13)15(20)14(19)16-9-4-1-2-5-10-16/h13,18H,1-12H2. The van der Waals surface area contributed by atoms with Crippen molar-refractivity contribution in [1.29, 1.82) is 0 Å². The van der Waals surface area contributed by atoms with Crippen LogP contribution in [-0.2, 0) is 9.59 Å². The second-order valence-electron chi connectivity index (χ2n) is 5.87. The maximum atomic E-state index is 12.4. The van der Waals surface area contributed by atoms with Crippen molar-refractivity contribution >= 4 is 11.8 Å². The van der Waals surface area contributed by atoms with E-state index in [1.54, 1.807) is 9.80 Å². The third-order valence-corrected chi connectivity index (χ3v) is 4.43. The Morgan fingerprint density at radius 3 is 2.20 bits per heavy atom. The fourth-order valence-electron chi connectivity index (χ4n) is 3.25. The molecule has 1 atom stereocenters. The van der Waals surface area contributed by atoms with Crippen molar-refractivity contribution in [3.05, 3.63) is 0 Å². The summed E-state index contributed by atoms with van der Waals surface area (Å²) < 4.78 is 0. The minimum Gasteiger partial charge on any atom is -0.396 e. The molecule has 2 amide bonds. The van der Waals surface area contributed by atoms with Crippen molar-refractivity contribution in [1.82, 2.24) is 9.80 Å². The van der Waals surface area contributed by atoms with E-state index in [2.05, 4.69) is 0 Å². The lowest BCUT2D eigenvalue weighted by Gasteiger charge is -2.36. The van der Waals surface area contributed by atoms with Crippen LogP contribution >= 0.6 is 0 Å². The molecule has 2 aliphatic heterocycles. The molecule has 0 spiro atoms. The van der Waals surface area contributed by atoms with E-state index in [4.69, 9.17) is 5.11 Å². The van der Waals surface area contributed by atoms with Gasteiger partial charge >= 0.3 is 11.8 Å². The third-order valence-electron chi connectivity index (χ3n) is 4.43. The van der Waals surface area contributed by atoms with Crippen molar-refractivity contribution < 1.29 is 14.7 Å². The number of carbonyl (C=O) groups is 2. The van der Waals surface area contributed by atoms with Gasteiger partial charge in [0.2, 0.25) is 0 Å². The first-order valence-corrected chi connectivity index (χ1v) is 7.95. The zero-order chi connectivity index (χ0) is 14.4. The van der Waals surface area contributed by atoms with E-state index < -0.39 is 0 Å². The zero-order valence-electron chi connectivity index (χ0n) is 12.2. The van der Waals surface area contributed by atoms with Crippen LogP contribution in [0.3, 0.4) is 0 Å². The van der Waals surface area contributed by atoms with Crippen molar-refractivity contribution in [2.45, 2.75) is 57.4 Å². The maximum absolute atomic E-state index is 12.4. The summed E-state index contributed by atoms with van der Waals surface area (Å²) in [5, 5.41) is 9.11. The van der Waals surface area contributed by atoms with Crippen molar-refractivity contribution in [2.24, 2.45) is 0 Å². The van der Waals surface area contributed by atoms with E-state index >= 15 is 0 Å². The van der Waals surface area contributed by atoms with E-state index in [9.17, 15) is 9.59 Å². The predicted octanol–water partition coefficient (Wildman–Crippen LogP) is 1.15. The van der Waals surface area contributed by atoms with Crippen molar-refractivity contribution in [3.63, 3.8) is 0 Å². The molecular formula is C15H26N2O3.